The second-order valence-corrected chi connectivity index (χ2v) is 6.38. The van der Waals surface area contributed by atoms with Crippen molar-refractivity contribution in [1.29, 1.82) is 0 Å². The van der Waals surface area contributed by atoms with E-state index in [1.165, 1.54) is 0 Å². The Morgan fingerprint density at radius 1 is 1.37 bits per heavy atom. The molecule has 5 heteroatoms. The van der Waals surface area contributed by atoms with E-state index in [2.05, 4.69) is 12.2 Å². The first kappa shape index (κ1) is 15.8. The highest BCUT2D eigenvalue weighted by Gasteiger charge is 2.24. The molecule has 0 aliphatic carbocycles. The summed E-state index contributed by atoms with van der Waals surface area (Å²) < 4.78 is 0. The lowest BCUT2D eigenvalue weighted by molar-refractivity contribution is -0.137. The van der Waals surface area contributed by atoms with E-state index in [1.54, 1.807) is 0 Å². The number of carboxylic acid groups (broad SMARTS) is 1. The van der Waals surface area contributed by atoms with Gasteiger partial charge in [-0.2, -0.15) is 0 Å². The van der Waals surface area contributed by atoms with Crippen molar-refractivity contribution in [2.45, 2.75) is 46.5 Å². The quantitative estimate of drug-likeness (QED) is 0.778. The lowest BCUT2D eigenvalue weighted by Crippen LogP contribution is -2.39. The number of urea groups is 1. The Morgan fingerprint density at radius 2 is 2.05 bits per heavy atom. The van der Waals surface area contributed by atoms with Crippen LogP contribution in [-0.2, 0) is 4.79 Å². The Balaban J connectivity index is 2.21. The van der Waals surface area contributed by atoms with E-state index in [1.807, 2.05) is 18.7 Å². The van der Waals surface area contributed by atoms with E-state index in [0.717, 1.165) is 25.9 Å². The minimum atomic E-state index is -0.761. The van der Waals surface area contributed by atoms with Crippen LogP contribution in [0.3, 0.4) is 0 Å². The Bertz CT molecular complexity index is 329. The van der Waals surface area contributed by atoms with Crippen LogP contribution in [0.2, 0.25) is 0 Å². The fourth-order valence-corrected chi connectivity index (χ4v) is 2.31. The summed E-state index contributed by atoms with van der Waals surface area (Å²) in [6.45, 7) is 8.53. The average Bonchev–Trinajstić information content (AvgIpc) is 2.73. The molecule has 1 rings (SSSR count). The van der Waals surface area contributed by atoms with Crippen molar-refractivity contribution in [3.05, 3.63) is 0 Å². The van der Waals surface area contributed by atoms with Gasteiger partial charge < -0.3 is 15.3 Å². The van der Waals surface area contributed by atoms with Gasteiger partial charge in [-0.25, -0.2) is 4.79 Å². The molecule has 1 aliphatic heterocycles. The largest absolute Gasteiger partial charge is 0.481 e. The molecular weight excluding hydrogens is 244 g/mol. The molecule has 0 radical (unpaired) electrons. The Morgan fingerprint density at radius 3 is 2.58 bits per heavy atom. The summed E-state index contributed by atoms with van der Waals surface area (Å²) in [7, 11) is 0. The van der Waals surface area contributed by atoms with Crippen LogP contribution in [0.15, 0.2) is 0 Å². The van der Waals surface area contributed by atoms with Gasteiger partial charge in [0, 0.05) is 26.1 Å². The number of nitrogens with zero attached hydrogens (tertiary/aromatic N) is 1. The van der Waals surface area contributed by atoms with Crippen LogP contribution in [0.5, 0.6) is 0 Å². The van der Waals surface area contributed by atoms with Gasteiger partial charge >= 0.3 is 12.0 Å². The normalized spacial score (nSPS) is 19.5. The molecule has 5 nitrogen and oxygen atoms in total. The van der Waals surface area contributed by atoms with Crippen molar-refractivity contribution in [3.8, 4) is 0 Å². The smallest absolute Gasteiger partial charge is 0.317 e. The highest BCUT2D eigenvalue weighted by atomic mass is 16.4. The van der Waals surface area contributed by atoms with Gasteiger partial charge in [0.05, 0.1) is 0 Å². The van der Waals surface area contributed by atoms with Gasteiger partial charge in [-0.3, -0.25) is 4.79 Å². The van der Waals surface area contributed by atoms with Crippen molar-refractivity contribution in [1.82, 2.24) is 10.2 Å². The maximum atomic E-state index is 11.9. The molecule has 0 aromatic carbocycles. The lowest BCUT2D eigenvalue weighted by Gasteiger charge is -2.25. The van der Waals surface area contributed by atoms with Crippen LogP contribution < -0.4 is 5.32 Å². The number of likely N-dealkylation sites (tertiary alicyclic amines) is 1. The molecule has 1 saturated heterocycles. The minimum Gasteiger partial charge on any atom is -0.481 e. The van der Waals surface area contributed by atoms with E-state index >= 15 is 0 Å². The third-order valence-corrected chi connectivity index (χ3v) is 3.80. The summed E-state index contributed by atoms with van der Waals surface area (Å²) in [4.78, 5) is 24.3. The van der Waals surface area contributed by atoms with Gasteiger partial charge in [-0.1, -0.05) is 20.8 Å². The van der Waals surface area contributed by atoms with Crippen molar-refractivity contribution < 1.29 is 14.7 Å². The van der Waals surface area contributed by atoms with Crippen LogP contribution in [-0.4, -0.2) is 41.6 Å². The average molecular weight is 270 g/mol. The second-order valence-electron chi connectivity index (χ2n) is 6.38. The van der Waals surface area contributed by atoms with Gasteiger partial charge in [0.1, 0.15) is 0 Å². The second kappa shape index (κ2) is 6.78. The van der Waals surface area contributed by atoms with Crippen LogP contribution >= 0.6 is 0 Å². The molecular formula is C14H26N2O3. The molecule has 0 saturated carbocycles. The number of amides is 2. The van der Waals surface area contributed by atoms with E-state index in [9.17, 15) is 9.59 Å². The van der Waals surface area contributed by atoms with Gasteiger partial charge in [0.15, 0.2) is 0 Å². The molecule has 110 valence electrons. The number of carbonyl (C=O) groups is 2. The molecule has 2 amide bonds. The summed E-state index contributed by atoms with van der Waals surface area (Å²) in [5.74, 6) is -0.166. The zero-order valence-corrected chi connectivity index (χ0v) is 12.2. The van der Waals surface area contributed by atoms with Gasteiger partial charge in [0.25, 0.3) is 0 Å². The van der Waals surface area contributed by atoms with E-state index in [-0.39, 0.29) is 17.9 Å². The van der Waals surface area contributed by atoms with Crippen molar-refractivity contribution >= 4 is 12.0 Å². The maximum Gasteiger partial charge on any atom is 0.317 e. The standard InChI is InChI=1S/C14H26N2O3/c1-11-5-9-16(10-11)13(19)15-8-7-14(2,3)6-4-12(17)18/h11H,4-10H2,1-3H3,(H,15,19)(H,17,18). The van der Waals surface area contributed by atoms with Crippen LogP contribution in [0.1, 0.15) is 46.5 Å². The first-order valence-corrected chi connectivity index (χ1v) is 7.05. The number of carboxylic acids is 1. The van der Waals surface area contributed by atoms with Gasteiger partial charge in [-0.05, 0) is 30.6 Å². The minimum absolute atomic E-state index is 0.0124. The van der Waals surface area contributed by atoms with Crippen LogP contribution in [0, 0.1) is 11.3 Å². The molecule has 1 atom stereocenters. The predicted octanol–water partition coefficient (Wildman–Crippen LogP) is 2.32. The third-order valence-electron chi connectivity index (χ3n) is 3.80. The van der Waals surface area contributed by atoms with Gasteiger partial charge in [0.2, 0.25) is 0 Å². The van der Waals surface area contributed by atoms with Crippen LogP contribution in [0.4, 0.5) is 4.79 Å². The van der Waals surface area contributed by atoms with Crippen molar-refractivity contribution in [2.24, 2.45) is 11.3 Å². The highest BCUT2D eigenvalue weighted by Crippen LogP contribution is 2.26. The maximum absolute atomic E-state index is 11.9. The fourth-order valence-electron chi connectivity index (χ4n) is 2.31. The van der Waals surface area contributed by atoms with Crippen molar-refractivity contribution in [3.63, 3.8) is 0 Å². The predicted molar refractivity (Wildman–Crippen MR) is 74.0 cm³/mol. The Labute approximate surface area is 115 Å². The SMILES string of the molecule is CC1CCN(C(=O)NCCC(C)(C)CCC(=O)O)C1. The molecule has 1 unspecified atom stereocenters. The fraction of sp³-hybridized carbons (Fsp3) is 0.857. The molecule has 1 heterocycles. The van der Waals surface area contributed by atoms with Gasteiger partial charge in [-0.15, -0.1) is 0 Å². The topological polar surface area (TPSA) is 69.6 Å². The first-order chi connectivity index (χ1) is 8.80. The zero-order valence-electron chi connectivity index (χ0n) is 12.2. The highest BCUT2D eigenvalue weighted by molar-refractivity contribution is 5.74. The van der Waals surface area contributed by atoms with E-state index in [0.29, 0.717) is 18.9 Å². The number of hydrogen-bond donors (Lipinski definition) is 2. The zero-order chi connectivity index (χ0) is 14.5. The number of rotatable bonds is 6. The first-order valence-electron chi connectivity index (χ1n) is 7.05. The van der Waals surface area contributed by atoms with Crippen molar-refractivity contribution in [2.75, 3.05) is 19.6 Å². The molecule has 0 spiro atoms. The summed E-state index contributed by atoms with van der Waals surface area (Å²) in [5, 5.41) is 11.6. The molecule has 0 aromatic heterocycles. The summed E-state index contributed by atoms with van der Waals surface area (Å²) in [6.07, 6.45) is 2.70. The third kappa shape index (κ3) is 5.94. The number of nitrogens with one attached hydrogen (secondary N) is 1. The summed E-state index contributed by atoms with van der Waals surface area (Å²) >= 11 is 0. The Kier molecular flexibility index (Phi) is 5.63. The molecule has 2 N–H and O–H groups in total. The molecule has 0 aromatic rings. The van der Waals surface area contributed by atoms with E-state index < -0.39 is 5.97 Å². The Hall–Kier alpha value is -1.26. The summed E-state index contributed by atoms with van der Waals surface area (Å²) in [6, 6.07) is 0.0124. The van der Waals surface area contributed by atoms with Crippen LogP contribution in [0.25, 0.3) is 0 Å². The monoisotopic (exact) mass is 270 g/mol. The summed E-state index contributed by atoms with van der Waals surface area (Å²) in [5.41, 5.74) is -0.0516. The molecule has 19 heavy (non-hydrogen) atoms. The van der Waals surface area contributed by atoms with E-state index in [4.69, 9.17) is 5.11 Å². The number of carbonyl (C=O) groups excluding carboxylic acids is 1. The number of hydrogen-bond acceptors (Lipinski definition) is 2. The number of aliphatic carboxylic acids is 1. The molecule has 1 fully saturated rings. The lowest BCUT2D eigenvalue weighted by atomic mass is 9.84. The molecule has 1 aliphatic rings. The molecule has 0 bridgehead atoms.